The first-order valence-corrected chi connectivity index (χ1v) is 5.64. The molecule has 1 fully saturated rings. The first-order chi connectivity index (χ1) is 7.47. The van der Waals surface area contributed by atoms with Gasteiger partial charge in [0.15, 0.2) is 0 Å². The van der Waals surface area contributed by atoms with E-state index in [1.807, 2.05) is 6.92 Å². The molecule has 1 rings (SSSR count). The highest BCUT2D eigenvalue weighted by Crippen LogP contribution is 2.25. The van der Waals surface area contributed by atoms with Crippen molar-refractivity contribution in [2.24, 2.45) is 11.8 Å². The molecule has 1 unspecified atom stereocenters. The lowest BCUT2D eigenvalue weighted by Crippen LogP contribution is -2.39. The van der Waals surface area contributed by atoms with Crippen LogP contribution in [0.5, 0.6) is 0 Å². The highest BCUT2D eigenvalue weighted by molar-refractivity contribution is 5.82. The molecule has 2 N–H and O–H groups in total. The summed E-state index contributed by atoms with van der Waals surface area (Å²) in [5, 5.41) is 12.1. The molecule has 0 radical (unpaired) electrons. The van der Waals surface area contributed by atoms with Gasteiger partial charge in [-0.3, -0.25) is 9.59 Å². The molecule has 1 amide bonds. The van der Waals surface area contributed by atoms with Gasteiger partial charge in [0.25, 0.3) is 0 Å². The molecule has 92 valence electrons. The Labute approximate surface area is 95.8 Å². The second-order valence-corrected chi connectivity index (χ2v) is 4.54. The van der Waals surface area contributed by atoms with Gasteiger partial charge in [-0.05, 0) is 25.3 Å². The van der Waals surface area contributed by atoms with Crippen LogP contribution in [-0.2, 0) is 9.59 Å². The summed E-state index contributed by atoms with van der Waals surface area (Å²) in [5.41, 5.74) is 0. The molecule has 0 spiro atoms. The summed E-state index contributed by atoms with van der Waals surface area (Å²) >= 11 is 0. The third-order valence-electron chi connectivity index (χ3n) is 3.23. The van der Waals surface area contributed by atoms with Crippen molar-refractivity contribution < 1.29 is 14.7 Å². The molecule has 5 nitrogen and oxygen atoms in total. The molecule has 0 bridgehead atoms. The van der Waals surface area contributed by atoms with Crippen LogP contribution in [0.1, 0.15) is 19.8 Å². The second-order valence-electron chi connectivity index (χ2n) is 4.54. The number of nitrogens with zero attached hydrogens (tertiary/aromatic N) is 1. The number of likely N-dealkylation sites (N-methyl/N-ethyl adjacent to an activating group) is 1. The fourth-order valence-electron chi connectivity index (χ4n) is 2.28. The maximum atomic E-state index is 11.7. The second kappa shape index (κ2) is 5.30. The van der Waals surface area contributed by atoms with Gasteiger partial charge >= 0.3 is 5.97 Å². The van der Waals surface area contributed by atoms with Crippen molar-refractivity contribution in [1.82, 2.24) is 10.2 Å². The van der Waals surface area contributed by atoms with Crippen LogP contribution in [0.15, 0.2) is 0 Å². The Morgan fingerprint density at radius 2 is 2.12 bits per heavy atom. The van der Waals surface area contributed by atoms with Crippen LogP contribution in [0.4, 0.5) is 0 Å². The SMILES string of the molecule is CCC(C(=O)O)[C@@H]1CN[C@H](C(=O)N(C)C)C1. The molecule has 0 aliphatic carbocycles. The average molecular weight is 228 g/mol. The quantitative estimate of drug-likeness (QED) is 0.719. The van der Waals surface area contributed by atoms with Crippen molar-refractivity contribution in [2.45, 2.75) is 25.8 Å². The summed E-state index contributed by atoms with van der Waals surface area (Å²) in [7, 11) is 3.43. The highest BCUT2D eigenvalue weighted by atomic mass is 16.4. The van der Waals surface area contributed by atoms with E-state index >= 15 is 0 Å². The van der Waals surface area contributed by atoms with Crippen molar-refractivity contribution >= 4 is 11.9 Å². The maximum Gasteiger partial charge on any atom is 0.306 e. The molecule has 16 heavy (non-hydrogen) atoms. The lowest BCUT2D eigenvalue weighted by molar-refractivity contribution is -0.143. The van der Waals surface area contributed by atoms with Crippen LogP contribution in [0.25, 0.3) is 0 Å². The van der Waals surface area contributed by atoms with E-state index in [0.717, 1.165) is 0 Å². The fraction of sp³-hybridized carbons (Fsp3) is 0.818. The van der Waals surface area contributed by atoms with E-state index < -0.39 is 5.97 Å². The Morgan fingerprint density at radius 1 is 1.50 bits per heavy atom. The van der Waals surface area contributed by atoms with Crippen LogP contribution >= 0.6 is 0 Å². The summed E-state index contributed by atoms with van der Waals surface area (Å²) in [6.45, 7) is 2.49. The number of carbonyl (C=O) groups excluding carboxylic acids is 1. The predicted molar refractivity (Wildman–Crippen MR) is 60.0 cm³/mol. The molecule has 5 heteroatoms. The summed E-state index contributed by atoms with van der Waals surface area (Å²) in [5.74, 6) is -1.00. The Bertz CT molecular complexity index is 278. The van der Waals surface area contributed by atoms with Gasteiger partial charge in [0, 0.05) is 14.1 Å². The zero-order valence-corrected chi connectivity index (χ0v) is 10.1. The van der Waals surface area contributed by atoms with Crippen molar-refractivity contribution in [3.05, 3.63) is 0 Å². The van der Waals surface area contributed by atoms with Gasteiger partial charge in [-0.15, -0.1) is 0 Å². The molecular formula is C11H20N2O3. The number of nitrogens with one attached hydrogen (secondary N) is 1. The molecule has 1 aliphatic rings. The minimum atomic E-state index is -0.757. The van der Waals surface area contributed by atoms with E-state index in [9.17, 15) is 9.59 Å². The monoisotopic (exact) mass is 228 g/mol. The van der Waals surface area contributed by atoms with E-state index in [1.165, 1.54) is 0 Å². The van der Waals surface area contributed by atoms with Gasteiger partial charge in [0.2, 0.25) is 5.91 Å². The smallest absolute Gasteiger partial charge is 0.306 e. The van der Waals surface area contributed by atoms with Crippen molar-refractivity contribution in [2.75, 3.05) is 20.6 Å². The predicted octanol–water partition coefficient (Wildman–Crippen LogP) is 0.164. The zero-order valence-electron chi connectivity index (χ0n) is 10.1. The number of aliphatic carboxylic acids is 1. The Hall–Kier alpha value is -1.10. The number of carboxylic acids is 1. The molecular weight excluding hydrogens is 208 g/mol. The van der Waals surface area contributed by atoms with E-state index in [4.69, 9.17) is 5.11 Å². The van der Waals surface area contributed by atoms with Crippen LogP contribution in [0.3, 0.4) is 0 Å². The molecule has 0 aromatic carbocycles. The molecule has 1 saturated heterocycles. The topological polar surface area (TPSA) is 69.6 Å². The standard InChI is InChI=1S/C11H20N2O3/c1-4-8(11(15)16)7-5-9(12-6-7)10(14)13(2)3/h7-9,12H,4-6H2,1-3H3,(H,15,16)/t7-,8?,9-/m0/s1. The molecule has 0 saturated carbocycles. The number of amides is 1. The highest BCUT2D eigenvalue weighted by Gasteiger charge is 2.36. The molecule has 0 aromatic heterocycles. The summed E-state index contributed by atoms with van der Waals surface area (Å²) in [6.07, 6.45) is 1.24. The fourth-order valence-corrected chi connectivity index (χ4v) is 2.28. The normalized spacial score (nSPS) is 26.4. The Balaban J connectivity index is 2.58. The average Bonchev–Trinajstić information content (AvgIpc) is 2.66. The first kappa shape index (κ1) is 13.0. The third-order valence-corrected chi connectivity index (χ3v) is 3.23. The van der Waals surface area contributed by atoms with E-state index in [-0.39, 0.29) is 23.8 Å². The van der Waals surface area contributed by atoms with Gasteiger partial charge in [-0.2, -0.15) is 0 Å². The Morgan fingerprint density at radius 3 is 2.56 bits per heavy atom. The van der Waals surface area contributed by atoms with Crippen LogP contribution < -0.4 is 5.32 Å². The van der Waals surface area contributed by atoms with Crippen molar-refractivity contribution in [3.63, 3.8) is 0 Å². The van der Waals surface area contributed by atoms with Gasteiger partial charge < -0.3 is 15.3 Å². The summed E-state index contributed by atoms with van der Waals surface area (Å²) in [6, 6.07) is -0.214. The Kier molecular flexibility index (Phi) is 4.29. The minimum Gasteiger partial charge on any atom is -0.481 e. The lowest BCUT2D eigenvalue weighted by atomic mass is 9.88. The van der Waals surface area contributed by atoms with Crippen molar-refractivity contribution in [1.29, 1.82) is 0 Å². The summed E-state index contributed by atoms with van der Waals surface area (Å²) < 4.78 is 0. The van der Waals surface area contributed by atoms with Crippen LogP contribution in [0.2, 0.25) is 0 Å². The number of hydrogen-bond donors (Lipinski definition) is 2. The third kappa shape index (κ3) is 2.72. The number of hydrogen-bond acceptors (Lipinski definition) is 3. The lowest BCUT2D eigenvalue weighted by Gasteiger charge is -2.18. The van der Waals surface area contributed by atoms with E-state index in [1.54, 1.807) is 19.0 Å². The van der Waals surface area contributed by atoms with Gasteiger partial charge in [0.05, 0.1) is 12.0 Å². The maximum absolute atomic E-state index is 11.7. The van der Waals surface area contributed by atoms with E-state index in [2.05, 4.69) is 5.32 Å². The molecule has 1 heterocycles. The van der Waals surface area contributed by atoms with Crippen LogP contribution in [-0.4, -0.2) is 48.6 Å². The molecule has 0 aromatic rings. The number of carboxylic acid groups (broad SMARTS) is 1. The summed E-state index contributed by atoms with van der Waals surface area (Å²) in [4.78, 5) is 24.2. The van der Waals surface area contributed by atoms with Gasteiger partial charge in [-0.25, -0.2) is 0 Å². The first-order valence-electron chi connectivity index (χ1n) is 5.64. The van der Waals surface area contributed by atoms with E-state index in [0.29, 0.717) is 19.4 Å². The minimum absolute atomic E-state index is 0.0303. The van der Waals surface area contributed by atoms with Crippen LogP contribution in [0, 0.1) is 11.8 Å². The number of carbonyl (C=O) groups is 2. The van der Waals surface area contributed by atoms with Gasteiger partial charge in [-0.1, -0.05) is 6.92 Å². The largest absolute Gasteiger partial charge is 0.481 e. The molecule has 1 aliphatic heterocycles. The van der Waals surface area contributed by atoms with Gasteiger partial charge in [0.1, 0.15) is 0 Å². The molecule has 3 atom stereocenters. The van der Waals surface area contributed by atoms with Crippen molar-refractivity contribution in [3.8, 4) is 0 Å². The number of rotatable bonds is 4. The zero-order chi connectivity index (χ0) is 12.3.